The van der Waals surface area contributed by atoms with Gasteiger partial charge in [-0.05, 0) is 90.6 Å². The first-order chi connectivity index (χ1) is 25.3. The van der Waals surface area contributed by atoms with Crippen LogP contribution in [0.5, 0.6) is 5.75 Å². The molecule has 0 radical (unpaired) electrons. The topological polar surface area (TPSA) is 66.5 Å². The van der Waals surface area contributed by atoms with Gasteiger partial charge in [-0.15, -0.1) is 16.8 Å². The summed E-state index contributed by atoms with van der Waals surface area (Å²) in [6.45, 7) is 8.75. The van der Waals surface area contributed by atoms with Gasteiger partial charge in [0.2, 0.25) is 0 Å². The van der Waals surface area contributed by atoms with Crippen LogP contribution in [0.1, 0.15) is 61.8 Å². The number of hydroxylamine groups is 2. The van der Waals surface area contributed by atoms with Crippen molar-refractivity contribution in [3.05, 3.63) is 144 Å². The van der Waals surface area contributed by atoms with Crippen molar-refractivity contribution in [1.82, 2.24) is 5.06 Å². The molecule has 0 aliphatic carbocycles. The van der Waals surface area contributed by atoms with Gasteiger partial charge in [0.05, 0.1) is 39.1 Å². The zero-order valence-electron chi connectivity index (χ0n) is 30.4. The second kappa shape index (κ2) is 18.4. The first kappa shape index (κ1) is 37.4. The molecule has 272 valence electrons. The molecule has 1 fully saturated rings. The lowest BCUT2D eigenvalue weighted by molar-refractivity contribution is -0.179. The van der Waals surface area contributed by atoms with Crippen LogP contribution in [0.4, 0.5) is 4.79 Å². The van der Waals surface area contributed by atoms with E-state index in [0.717, 1.165) is 29.9 Å². The van der Waals surface area contributed by atoms with Gasteiger partial charge in [-0.25, -0.2) is 4.79 Å². The summed E-state index contributed by atoms with van der Waals surface area (Å²) >= 11 is 1.84. The molecule has 1 aliphatic heterocycles. The molecule has 1 saturated heterocycles. The van der Waals surface area contributed by atoms with Crippen molar-refractivity contribution in [3.63, 3.8) is 0 Å². The molecule has 52 heavy (non-hydrogen) atoms. The van der Waals surface area contributed by atoms with E-state index in [1.807, 2.05) is 68.9 Å². The summed E-state index contributed by atoms with van der Waals surface area (Å²) in [7, 11) is 0. The smallest absolute Gasteiger partial charge is 0.494 e. The molecule has 0 N–H and O–H groups in total. The van der Waals surface area contributed by atoms with Crippen molar-refractivity contribution in [2.24, 2.45) is 0 Å². The Labute approximate surface area is 312 Å². The third-order valence-corrected chi connectivity index (χ3v) is 9.94. The van der Waals surface area contributed by atoms with Crippen molar-refractivity contribution < 1.29 is 28.6 Å². The fourth-order valence-electron chi connectivity index (χ4n) is 6.30. The minimum absolute atomic E-state index is 0.109. The number of rotatable bonds is 15. The summed E-state index contributed by atoms with van der Waals surface area (Å²) in [5.41, 5.74) is 4.09. The zero-order chi connectivity index (χ0) is 36.2. The van der Waals surface area contributed by atoms with Crippen LogP contribution in [0.3, 0.4) is 0 Å². The molecule has 0 spiro atoms. The van der Waals surface area contributed by atoms with Gasteiger partial charge in [-0.2, -0.15) is 0 Å². The molecule has 1 aliphatic rings. The van der Waals surface area contributed by atoms with Gasteiger partial charge < -0.3 is 23.8 Å². The van der Waals surface area contributed by atoms with Crippen LogP contribution in [-0.4, -0.2) is 49.2 Å². The number of hydrogen-bond donors (Lipinski definition) is 0. The largest absolute Gasteiger partial charge is 0.528 e. The number of benzene rings is 5. The van der Waals surface area contributed by atoms with Crippen molar-refractivity contribution >= 4 is 28.7 Å². The second-order valence-electron chi connectivity index (χ2n) is 14.1. The normalized spacial score (nSPS) is 16.4. The Bertz CT molecular complexity index is 1840. The molecule has 2 atom stereocenters. The minimum atomic E-state index is -0.702. The van der Waals surface area contributed by atoms with Crippen LogP contribution < -0.4 is 4.74 Å². The Morgan fingerprint density at radius 2 is 1.58 bits per heavy atom. The second-order valence-corrected chi connectivity index (χ2v) is 15.1. The predicted octanol–water partition coefficient (Wildman–Crippen LogP) is 10.4. The van der Waals surface area contributed by atoms with Crippen LogP contribution >= 0.6 is 11.8 Å². The van der Waals surface area contributed by atoms with Crippen molar-refractivity contribution in [2.75, 3.05) is 26.3 Å². The van der Waals surface area contributed by atoms with E-state index in [1.165, 1.54) is 32.4 Å². The van der Waals surface area contributed by atoms with Gasteiger partial charge in [0, 0.05) is 29.5 Å². The Hall–Kier alpha value is -4.34. The molecule has 2 unspecified atom stereocenters. The van der Waals surface area contributed by atoms with Gasteiger partial charge in [0.15, 0.2) is 0 Å². The number of thioether (sulfide) groups is 1. The lowest BCUT2D eigenvalue weighted by atomic mass is 9.87. The molecule has 0 aromatic heterocycles. The van der Waals surface area contributed by atoms with E-state index in [2.05, 4.69) is 84.9 Å². The number of nitrogens with zero attached hydrogens (tertiary/aromatic N) is 1. The highest BCUT2D eigenvalue weighted by atomic mass is 32.2. The summed E-state index contributed by atoms with van der Waals surface area (Å²) in [5.74, 6) is 1.82. The average molecular weight is 720 g/mol. The zero-order valence-corrected chi connectivity index (χ0v) is 31.2. The Kier molecular flexibility index (Phi) is 13.3. The maximum atomic E-state index is 12.6. The molecule has 5 aromatic carbocycles. The average Bonchev–Trinajstić information content (AvgIpc) is 3.15. The lowest BCUT2D eigenvalue weighted by Gasteiger charge is -2.37. The molecule has 0 bridgehead atoms. The molecule has 5 aromatic rings. The molecule has 0 saturated carbocycles. The van der Waals surface area contributed by atoms with Gasteiger partial charge in [0.1, 0.15) is 11.4 Å². The van der Waals surface area contributed by atoms with Crippen LogP contribution in [0.2, 0.25) is 0 Å². The predicted molar refractivity (Wildman–Crippen MR) is 207 cm³/mol. The number of fused-ring (bicyclic) bond motifs is 1. The number of hydrogen-bond acceptors (Lipinski definition) is 8. The molecule has 0 amide bonds. The maximum Gasteiger partial charge on any atom is 0.528 e. The van der Waals surface area contributed by atoms with E-state index in [1.54, 1.807) is 5.06 Å². The summed E-state index contributed by atoms with van der Waals surface area (Å²) < 4.78 is 24.0. The third kappa shape index (κ3) is 11.3. The van der Waals surface area contributed by atoms with Crippen molar-refractivity contribution in [3.8, 4) is 5.75 Å². The van der Waals surface area contributed by atoms with Crippen molar-refractivity contribution in [2.45, 2.75) is 75.1 Å². The van der Waals surface area contributed by atoms with Gasteiger partial charge in [-0.1, -0.05) is 91.0 Å². The third-order valence-electron chi connectivity index (χ3n) is 8.88. The SMILES string of the molecule is CC(C)(C)OC(=O)ON1CCC(c2ccc(OCCCOCc3ccccc3)cc2)C(OCc2ccc3cccc(CSc4ccccc4)c3c2)C1. The number of carbonyl (C=O) groups excluding carboxylic acids is 1. The summed E-state index contributed by atoms with van der Waals surface area (Å²) in [5, 5.41) is 4.12. The Morgan fingerprint density at radius 1 is 0.808 bits per heavy atom. The fraction of sp³-hybridized carbons (Fsp3) is 0.341. The van der Waals surface area contributed by atoms with E-state index in [9.17, 15) is 4.79 Å². The molecule has 8 heteroatoms. The quantitative estimate of drug-likeness (QED) is 0.0602. The van der Waals surface area contributed by atoms with Crippen LogP contribution in [0.25, 0.3) is 10.8 Å². The van der Waals surface area contributed by atoms with Gasteiger partial charge in [-0.3, -0.25) is 0 Å². The van der Waals surface area contributed by atoms with E-state index in [4.69, 9.17) is 23.8 Å². The summed E-state index contributed by atoms with van der Waals surface area (Å²) in [6.07, 6.45) is 0.643. The highest BCUT2D eigenvalue weighted by Gasteiger charge is 2.34. The standard InChI is InChI=1S/C44H49NO6S/c1-44(2,3)50-43(46)51-45-25-24-40(36-20-22-38(23-21-36)48-27-11-26-47-30-33-12-6-4-7-13-33)42(29-45)49-31-34-18-19-35-14-10-15-37(41(35)28-34)32-52-39-16-8-5-9-17-39/h4-10,12-23,28,40,42H,11,24-27,29-32H2,1-3H3. The highest BCUT2D eigenvalue weighted by Crippen LogP contribution is 2.33. The van der Waals surface area contributed by atoms with E-state index in [-0.39, 0.29) is 12.0 Å². The number of carbonyl (C=O) groups is 1. The Balaban J connectivity index is 1.09. The highest BCUT2D eigenvalue weighted by molar-refractivity contribution is 7.98. The van der Waals surface area contributed by atoms with Crippen molar-refractivity contribution in [1.29, 1.82) is 0 Å². The lowest BCUT2D eigenvalue weighted by Crippen LogP contribution is -2.45. The van der Waals surface area contributed by atoms with Crippen LogP contribution in [0, 0.1) is 0 Å². The molecule has 6 rings (SSSR count). The monoisotopic (exact) mass is 719 g/mol. The maximum absolute atomic E-state index is 12.6. The van der Waals surface area contributed by atoms with E-state index < -0.39 is 11.8 Å². The minimum Gasteiger partial charge on any atom is -0.494 e. The first-order valence-electron chi connectivity index (χ1n) is 18.1. The fourth-order valence-corrected chi connectivity index (χ4v) is 7.23. The van der Waals surface area contributed by atoms with Crippen LogP contribution in [-0.2, 0) is 38.0 Å². The summed E-state index contributed by atoms with van der Waals surface area (Å²) in [6, 6.07) is 42.1. The van der Waals surface area contributed by atoms with E-state index >= 15 is 0 Å². The molecular formula is C44H49NO6S. The number of piperidine rings is 1. The van der Waals surface area contributed by atoms with E-state index in [0.29, 0.717) is 39.5 Å². The molecule has 1 heterocycles. The summed E-state index contributed by atoms with van der Waals surface area (Å²) in [4.78, 5) is 19.5. The number of ether oxygens (including phenoxy) is 4. The van der Waals surface area contributed by atoms with Gasteiger partial charge in [0.25, 0.3) is 0 Å². The van der Waals surface area contributed by atoms with Crippen LogP contribution in [0.15, 0.2) is 126 Å². The Morgan fingerprint density at radius 3 is 2.35 bits per heavy atom. The molecular weight excluding hydrogens is 671 g/mol. The first-order valence-corrected chi connectivity index (χ1v) is 19.1. The molecule has 7 nitrogen and oxygen atoms in total. The van der Waals surface area contributed by atoms with Gasteiger partial charge >= 0.3 is 6.16 Å².